The quantitative estimate of drug-likeness (QED) is 0.690. The van der Waals surface area contributed by atoms with Crippen molar-refractivity contribution < 1.29 is 13.8 Å². The number of hydrogen-bond donors (Lipinski definition) is 1. The Balaban J connectivity index is 1.53. The van der Waals surface area contributed by atoms with E-state index in [4.69, 9.17) is 0 Å². The van der Waals surface area contributed by atoms with Crippen LogP contribution in [0, 0.1) is 5.82 Å². The first-order chi connectivity index (χ1) is 12.2. The molecule has 0 saturated heterocycles. The summed E-state index contributed by atoms with van der Waals surface area (Å²) >= 11 is 0. The van der Waals surface area contributed by atoms with Crippen molar-refractivity contribution in [2.45, 2.75) is 13.0 Å². The molecule has 3 rings (SSSR count). The Labute approximate surface area is 146 Å². The fraction of sp³-hybridized carbons (Fsp3) is 0.143. The summed E-state index contributed by atoms with van der Waals surface area (Å²) in [6.07, 6.45) is 4.53. The Kier molecular flexibility index (Phi) is 5.52. The molecule has 2 aromatic carbocycles. The van der Waals surface area contributed by atoms with Gasteiger partial charge < -0.3 is 5.32 Å². The van der Waals surface area contributed by atoms with Crippen LogP contribution in [0.3, 0.4) is 0 Å². The van der Waals surface area contributed by atoms with Crippen LogP contribution in [0.4, 0.5) is 4.39 Å². The van der Waals surface area contributed by atoms with Gasteiger partial charge in [0.2, 0.25) is 6.54 Å². The van der Waals surface area contributed by atoms with E-state index in [1.807, 2.05) is 59.4 Å². The number of aromatic nitrogens is 1. The number of halogens is 1. The highest BCUT2D eigenvalue weighted by Crippen LogP contribution is 2.15. The lowest BCUT2D eigenvalue weighted by atomic mass is 10.1. The molecule has 0 aliphatic rings. The Bertz CT molecular complexity index is 832. The molecular weight excluding hydrogens is 315 g/mol. The van der Waals surface area contributed by atoms with Gasteiger partial charge in [0, 0.05) is 18.2 Å². The highest BCUT2D eigenvalue weighted by molar-refractivity contribution is 5.74. The van der Waals surface area contributed by atoms with Gasteiger partial charge in [-0.2, -0.15) is 4.57 Å². The van der Waals surface area contributed by atoms with E-state index in [-0.39, 0.29) is 18.3 Å². The minimum atomic E-state index is -0.248. The lowest BCUT2D eigenvalue weighted by Gasteiger charge is -2.04. The Morgan fingerprint density at radius 2 is 1.64 bits per heavy atom. The number of hydrogen-bond acceptors (Lipinski definition) is 1. The first-order valence-corrected chi connectivity index (χ1v) is 8.26. The van der Waals surface area contributed by atoms with Crippen molar-refractivity contribution in [1.29, 1.82) is 0 Å². The van der Waals surface area contributed by atoms with E-state index in [9.17, 15) is 9.18 Å². The van der Waals surface area contributed by atoms with Gasteiger partial charge in [-0.15, -0.1) is 0 Å². The van der Waals surface area contributed by atoms with Crippen LogP contribution >= 0.6 is 0 Å². The smallest absolute Gasteiger partial charge is 0.285 e. The summed E-state index contributed by atoms with van der Waals surface area (Å²) in [5.41, 5.74) is 3.19. The van der Waals surface area contributed by atoms with Gasteiger partial charge in [-0.05, 0) is 35.7 Å². The fourth-order valence-corrected chi connectivity index (χ4v) is 2.64. The Morgan fingerprint density at radius 3 is 2.40 bits per heavy atom. The third-order valence-corrected chi connectivity index (χ3v) is 3.94. The second-order valence-corrected chi connectivity index (χ2v) is 5.86. The van der Waals surface area contributed by atoms with Crippen LogP contribution in [-0.4, -0.2) is 12.5 Å². The monoisotopic (exact) mass is 335 g/mol. The SMILES string of the molecule is O=C(C[n+]1cccc(-c2ccccc2)c1)NCCc1ccc(F)cc1. The van der Waals surface area contributed by atoms with Crippen molar-refractivity contribution in [2.24, 2.45) is 0 Å². The average Bonchev–Trinajstić information content (AvgIpc) is 2.64. The molecule has 0 atom stereocenters. The maximum absolute atomic E-state index is 12.9. The molecule has 1 amide bonds. The predicted molar refractivity (Wildman–Crippen MR) is 95.2 cm³/mol. The van der Waals surface area contributed by atoms with Crippen LogP contribution in [-0.2, 0) is 17.8 Å². The van der Waals surface area contributed by atoms with Gasteiger partial charge in [0.05, 0.1) is 0 Å². The number of rotatable bonds is 6. The summed E-state index contributed by atoms with van der Waals surface area (Å²) in [5.74, 6) is -0.292. The number of nitrogens with one attached hydrogen (secondary N) is 1. The minimum Gasteiger partial charge on any atom is -0.350 e. The van der Waals surface area contributed by atoms with Gasteiger partial charge in [0.1, 0.15) is 5.82 Å². The van der Waals surface area contributed by atoms with Crippen LogP contribution in [0.1, 0.15) is 5.56 Å². The second kappa shape index (κ2) is 8.20. The molecule has 0 bridgehead atoms. The molecule has 126 valence electrons. The summed E-state index contributed by atoms with van der Waals surface area (Å²) in [6, 6.07) is 20.4. The van der Waals surface area contributed by atoms with E-state index >= 15 is 0 Å². The zero-order valence-corrected chi connectivity index (χ0v) is 13.9. The van der Waals surface area contributed by atoms with E-state index in [1.165, 1.54) is 12.1 Å². The van der Waals surface area contributed by atoms with Gasteiger partial charge in [0.15, 0.2) is 12.4 Å². The molecule has 3 aromatic rings. The van der Waals surface area contributed by atoms with Crippen molar-refractivity contribution in [3.8, 4) is 11.1 Å². The number of nitrogens with zero attached hydrogens (tertiary/aromatic N) is 1. The van der Waals surface area contributed by atoms with E-state index in [0.29, 0.717) is 13.0 Å². The lowest BCUT2D eigenvalue weighted by Crippen LogP contribution is -2.43. The summed E-state index contributed by atoms with van der Waals surface area (Å²) in [5, 5.41) is 2.90. The molecule has 1 N–H and O–H groups in total. The van der Waals surface area contributed by atoms with Crippen molar-refractivity contribution in [2.75, 3.05) is 6.54 Å². The lowest BCUT2D eigenvalue weighted by molar-refractivity contribution is -0.684. The number of amides is 1. The van der Waals surface area contributed by atoms with Gasteiger partial charge in [0.25, 0.3) is 5.91 Å². The number of carbonyl (C=O) groups is 1. The Morgan fingerprint density at radius 1 is 0.920 bits per heavy atom. The van der Waals surface area contributed by atoms with Crippen LogP contribution in [0.25, 0.3) is 11.1 Å². The Hall–Kier alpha value is -3.01. The van der Waals surface area contributed by atoms with Gasteiger partial charge in [-0.3, -0.25) is 4.79 Å². The molecule has 0 radical (unpaired) electrons. The van der Waals surface area contributed by atoms with Crippen LogP contribution in [0.2, 0.25) is 0 Å². The highest BCUT2D eigenvalue weighted by Gasteiger charge is 2.10. The zero-order valence-electron chi connectivity index (χ0n) is 13.9. The summed E-state index contributed by atoms with van der Waals surface area (Å²) in [7, 11) is 0. The van der Waals surface area contributed by atoms with E-state index in [2.05, 4.69) is 5.32 Å². The summed E-state index contributed by atoms with van der Waals surface area (Å²) < 4.78 is 14.7. The maximum Gasteiger partial charge on any atom is 0.285 e. The summed E-state index contributed by atoms with van der Waals surface area (Å²) in [4.78, 5) is 12.1. The van der Waals surface area contributed by atoms with E-state index < -0.39 is 0 Å². The summed E-state index contributed by atoms with van der Waals surface area (Å²) in [6.45, 7) is 0.799. The molecule has 25 heavy (non-hydrogen) atoms. The van der Waals surface area contributed by atoms with Crippen molar-refractivity contribution >= 4 is 5.91 Å². The molecular formula is C21H20FN2O+. The molecule has 0 unspecified atom stereocenters. The molecule has 3 nitrogen and oxygen atoms in total. The third kappa shape index (κ3) is 4.98. The standard InChI is InChI=1S/C21H19FN2O/c22-20-10-8-17(9-11-20)12-13-23-21(25)16-24-14-4-7-19(15-24)18-5-2-1-3-6-18/h1-11,14-15H,12-13,16H2/p+1. The van der Waals surface area contributed by atoms with Crippen molar-refractivity contribution in [1.82, 2.24) is 5.32 Å². The fourth-order valence-electron chi connectivity index (χ4n) is 2.64. The van der Waals surface area contributed by atoms with Crippen molar-refractivity contribution in [3.05, 3.63) is 90.5 Å². The molecule has 0 fully saturated rings. The molecule has 0 spiro atoms. The van der Waals surface area contributed by atoms with Gasteiger partial charge >= 0.3 is 0 Å². The van der Waals surface area contributed by atoms with Crippen LogP contribution in [0.15, 0.2) is 79.1 Å². The number of carbonyl (C=O) groups excluding carboxylic acids is 1. The van der Waals surface area contributed by atoms with E-state index in [0.717, 1.165) is 16.7 Å². The second-order valence-electron chi connectivity index (χ2n) is 5.86. The molecule has 1 heterocycles. The van der Waals surface area contributed by atoms with Gasteiger partial charge in [-0.1, -0.05) is 42.5 Å². The van der Waals surface area contributed by atoms with E-state index in [1.54, 1.807) is 12.1 Å². The first-order valence-electron chi connectivity index (χ1n) is 8.26. The first kappa shape index (κ1) is 16.8. The molecule has 0 saturated carbocycles. The normalized spacial score (nSPS) is 10.4. The largest absolute Gasteiger partial charge is 0.350 e. The topological polar surface area (TPSA) is 33.0 Å². The predicted octanol–water partition coefficient (Wildman–Crippen LogP) is 3.14. The molecule has 4 heteroatoms. The number of benzene rings is 2. The van der Waals surface area contributed by atoms with Gasteiger partial charge in [-0.25, -0.2) is 4.39 Å². The highest BCUT2D eigenvalue weighted by atomic mass is 19.1. The average molecular weight is 335 g/mol. The van der Waals surface area contributed by atoms with Crippen molar-refractivity contribution in [3.63, 3.8) is 0 Å². The minimum absolute atomic E-state index is 0.0441. The maximum atomic E-state index is 12.9. The third-order valence-electron chi connectivity index (χ3n) is 3.94. The van der Waals surface area contributed by atoms with Crippen LogP contribution < -0.4 is 9.88 Å². The molecule has 0 aliphatic carbocycles. The number of pyridine rings is 1. The molecule has 0 aliphatic heterocycles. The van der Waals surface area contributed by atoms with Crippen LogP contribution in [0.5, 0.6) is 0 Å². The zero-order chi connectivity index (χ0) is 17.5. The molecule has 1 aromatic heterocycles.